The van der Waals surface area contributed by atoms with E-state index in [2.05, 4.69) is 10.6 Å². The van der Waals surface area contributed by atoms with Crippen molar-refractivity contribution in [2.75, 3.05) is 26.9 Å². The second kappa shape index (κ2) is 12.2. The first-order valence-corrected chi connectivity index (χ1v) is 9.77. The first-order valence-electron chi connectivity index (χ1n) is 9.77. The van der Waals surface area contributed by atoms with Crippen LogP contribution in [-0.2, 0) is 9.59 Å². The lowest BCUT2D eigenvalue weighted by Gasteiger charge is -2.13. The summed E-state index contributed by atoms with van der Waals surface area (Å²) in [5.74, 6) is 1.59. The molecule has 2 aromatic rings. The number of ether oxygens (including phenoxy) is 3. The molecule has 1 atom stereocenters. The highest BCUT2D eigenvalue weighted by atomic mass is 16.5. The van der Waals surface area contributed by atoms with Gasteiger partial charge in [-0.05, 0) is 61.9 Å². The van der Waals surface area contributed by atoms with Gasteiger partial charge in [0.2, 0.25) is 11.8 Å². The Morgan fingerprint density at radius 3 is 2.17 bits per heavy atom. The molecule has 0 radical (unpaired) electrons. The normalized spacial score (nSPS) is 11.6. The van der Waals surface area contributed by atoms with Crippen molar-refractivity contribution in [3.05, 3.63) is 60.2 Å². The summed E-state index contributed by atoms with van der Waals surface area (Å²) in [6.45, 7) is 4.80. The molecule has 0 spiro atoms. The highest BCUT2D eigenvalue weighted by molar-refractivity contribution is 5.95. The number of amides is 2. The third kappa shape index (κ3) is 7.87. The van der Waals surface area contributed by atoms with Crippen LogP contribution < -0.4 is 24.8 Å². The van der Waals surface area contributed by atoms with E-state index in [4.69, 9.17) is 14.2 Å². The Kier molecular flexibility index (Phi) is 9.24. The Balaban J connectivity index is 1.68. The zero-order valence-electron chi connectivity index (χ0n) is 17.5. The molecule has 30 heavy (non-hydrogen) atoms. The van der Waals surface area contributed by atoms with Crippen LogP contribution in [-0.4, -0.2) is 44.7 Å². The van der Waals surface area contributed by atoms with Crippen LogP contribution in [0.1, 0.15) is 19.4 Å². The molecule has 2 N–H and O–H groups in total. The van der Waals surface area contributed by atoms with Gasteiger partial charge in [-0.2, -0.15) is 0 Å². The molecule has 0 aliphatic rings. The molecule has 2 aromatic carbocycles. The summed E-state index contributed by atoms with van der Waals surface area (Å²) < 4.78 is 16.0. The van der Waals surface area contributed by atoms with Crippen molar-refractivity contribution in [1.82, 2.24) is 10.6 Å². The van der Waals surface area contributed by atoms with Gasteiger partial charge in [0.05, 0.1) is 20.3 Å². The maximum atomic E-state index is 12.1. The minimum absolute atomic E-state index is 0.281. The van der Waals surface area contributed by atoms with E-state index in [0.29, 0.717) is 25.5 Å². The van der Waals surface area contributed by atoms with Crippen molar-refractivity contribution in [3.63, 3.8) is 0 Å². The molecule has 0 heterocycles. The van der Waals surface area contributed by atoms with Gasteiger partial charge < -0.3 is 24.8 Å². The van der Waals surface area contributed by atoms with Crippen molar-refractivity contribution in [2.45, 2.75) is 19.9 Å². The zero-order chi connectivity index (χ0) is 21.8. The zero-order valence-corrected chi connectivity index (χ0v) is 17.5. The van der Waals surface area contributed by atoms with E-state index in [0.717, 1.165) is 17.1 Å². The number of hydrogen-bond donors (Lipinski definition) is 2. The predicted octanol–water partition coefficient (Wildman–Crippen LogP) is 2.81. The van der Waals surface area contributed by atoms with Crippen molar-refractivity contribution in [1.29, 1.82) is 0 Å². The average Bonchev–Trinajstić information content (AvgIpc) is 2.76. The molecule has 0 fully saturated rings. The summed E-state index contributed by atoms with van der Waals surface area (Å²) in [4.78, 5) is 24.1. The SMILES string of the molecule is CCOc1ccc(OCCNC(=O)C(C)NC(=O)/C=C/c2ccc(OC)cc2)cc1. The molecule has 0 aliphatic heterocycles. The number of rotatable bonds is 11. The van der Waals surface area contributed by atoms with Crippen LogP contribution in [0.25, 0.3) is 6.08 Å². The largest absolute Gasteiger partial charge is 0.497 e. The Labute approximate surface area is 177 Å². The van der Waals surface area contributed by atoms with Crippen LogP contribution in [0.4, 0.5) is 0 Å². The van der Waals surface area contributed by atoms with Gasteiger partial charge in [-0.3, -0.25) is 9.59 Å². The highest BCUT2D eigenvalue weighted by Gasteiger charge is 2.13. The van der Waals surface area contributed by atoms with Gasteiger partial charge in [-0.15, -0.1) is 0 Å². The molecular formula is C23H28N2O5. The lowest BCUT2D eigenvalue weighted by Crippen LogP contribution is -2.45. The third-order valence-electron chi connectivity index (χ3n) is 4.10. The maximum Gasteiger partial charge on any atom is 0.244 e. The van der Waals surface area contributed by atoms with Crippen LogP contribution in [0.3, 0.4) is 0 Å². The Morgan fingerprint density at radius 1 is 0.967 bits per heavy atom. The highest BCUT2D eigenvalue weighted by Crippen LogP contribution is 2.17. The number of benzene rings is 2. The number of methoxy groups -OCH3 is 1. The summed E-state index contributed by atoms with van der Waals surface area (Å²) in [5, 5.41) is 5.37. The van der Waals surface area contributed by atoms with E-state index < -0.39 is 6.04 Å². The van der Waals surface area contributed by atoms with E-state index >= 15 is 0 Å². The molecule has 7 nitrogen and oxygen atoms in total. The third-order valence-corrected chi connectivity index (χ3v) is 4.10. The number of hydrogen-bond acceptors (Lipinski definition) is 5. The second-order valence-corrected chi connectivity index (χ2v) is 6.38. The Bertz CT molecular complexity index is 832. The Hall–Kier alpha value is -3.48. The first kappa shape index (κ1) is 22.8. The molecule has 1 unspecified atom stereocenters. The predicted molar refractivity (Wildman–Crippen MR) is 116 cm³/mol. The van der Waals surface area contributed by atoms with E-state index in [1.165, 1.54) is 6.08 Å². The monoisotopic (exact) mass is 412 g/mol. The molecule has 160 valence electrons. The molecule has 2 amide bonds. The molecular weight excluding hydrogens is 384 g/mol. The quantitative estimate of drug-likeness (QED) is 0.438. The van der Waals surface area contributed by atoms with Gasteiger partial charge in [-0.1, -0.05) is 12.1 Å². The van der Waals surface area contributed by atoms with Gasteiger partial charge >= 0.3 is 0 Å². The summed E-state index contributed by atoms with van der Waals surface area (Å²) >= 11 is 0. The van der Waals surface area contributed by atoms with E-state index in [1.807, 2.05) is 55.5 Å². The van der Waals surface area contributed by atoms with Gasteiger partial charge in [0.1, 0.15) is 29.9 Å². The van der Waals surface area contributed by atoms with Gasteiger partial charge in [0, 0.05) is 6.08 Å². The number of carbonyl (C=O) groups is 2. The van der Waals surface area contributed by atoms with Crippen LogP contribution in [0, 0.1) is 0 Å². The van der Waals surface area contributed by atoms with E-state index in [1.54, 1.807) is 20.1 Å². The molecule has 0 saturated carbocycles. The van der Waals surface area contributed by atoms with Crippen LogP contribution in [0.2, 0.25) is 0 Å². The van der Waals surface area contributed by atoms with Crippen molar-refractivity contribution in [2.24, 2.45) is 0 Å². The van der Waals surface area contributed by atoms with Crippen LogP contribution in [0.5, 0.6) is 17.2 Å². The molecule has 0 aliphatic carbocycles. The maximum absolute atomic E-state index is 12.1. The summed E-state index contributed by atoms with van der Waals surface area (Å²) in [5.41, 5.74) is 0.856. The molecule has 0 bridgehead atoms. The topological polar surface area (TPSA) is 85.9 Å². The summed E-state index contributed by atoms with van der Waals surface area (Å²) in [7, 11) is 1.59. The lowest BCUT2D eigenvalue weighted by molar-refractivity contribution is -0.126. The minimum Gasteiger partial charge on any atom is -0.497 e. The minimum atomic E-state index is -0.663. The first-order chi connectivity index (χ1) is 14.5. The lowest BCUT2D eigenvalue weighted by atomic mass is 10.2. The van der Waals surface area contributed by atoms with Crippen LogP contribution >= 0.6 is 0 Å². The average molecular weight is 412 g/mol. The second-order valence-electron chi connectivity index (χ2n) is 6.38. The molecule has 0 aromatic heterocycles. The molecule has 2 rings (SSSR count). The standard InChI is InChI=1S/C23H28N2O5/c1-4-29-20-10-12-21(13-11-20)30-16-15-24-23(27)17(2)25-22(26)14-7-18-5-8-19(28-3)9-6-18/h5-14,17H,4,15-16H2,1-3H3,(H,24,27)(H,25,26)/b14-7+. The smallest absolute Gasteiger partial charge is 0.244 e. The number of carbonyl (C=O) groups excluding carboxylic acids is 2. The van der Waals surface area contributed by atoms with Gasteiger partial charge in [0.25, 0.3) is 0 Å². The molecule has 7 heteroatoms. The van der Waals surface area contributed by atoms with Crippen molar-refractivity contribution in [3.8, 4) is 17.2 Å². The Morgan fingerprint density at radius 2 is 1.57 bits per heavy atom. The van der Waals surface area contributed by atoms with Crippen molar-refractivity contribution < 1.29 is 23.8 Å². The fourth-order valence-corrected chi connectivity index (χ4v) is 2.51. The molecule has 0 saturated heterocycles. The van der Waals surface area contributed by atoms with Crippen LogP contribution in [0.15, 0.2) is 54.6 Å². The fourth-order valence-electron chi connectivity index (χ4n) is 2.51. The summed E-state index contributed by atoms with van der Waals surface area (Å²) in [6, 6.07) is 13.9. The summed E-state index contributed by atoms with van der Waals surface area (Å²) in [6.07, 6.45) is 3.06. The fraction of sp³-hybridized carbons (Fsp3) is 0.304. The van der Waals surface area contributed by atoms with Gasteiger partial charge in [-0.25, -0.2) is 0 Å². The number of nitrogens with one attached hydrogen (secondary N) is 2. The van der Waals surface area contributed by atoms with Gasteiger partial charge in [0.15, 0.2) is 0 Å². The van der Waals surface area contributed by atoms with Crippen molar-refractivity contribution >= 4 is 17.9 Å². The van der Waals surface area contributed by atoms with E-state index in [-0.39, 0.29) is 11.8 Å². The van der Waals surface area contributed by atoms with E-state index in [9.17, 15) is 9.59 Å².